The number of allylic oxidation sites excluding steroid dienone is 5. The van der Waals surface area contributed by atoms with Crippen LogP contribution in [0.15, 0.2) is 85.5 Å². The fraction of sp³-hybridized carbons (Fsp3) is 0.0455. The second kappa shape index (κ2) is 8.21. The van der Waals surface area contributed by atoms with Crippen LogP contribution in [0.25, 0.3) is 28.3 Å². The predicted molar refractivity (Wildman–Crippen MR) is 109 cm³/mol. The van der Waals surface area contributed by atoms with E-state index in [0.29, 0.717) is 22.9 Å². The van der Waals surface area contributed by atoms with Crippen LogP contribution in [-0.2, 0) is 0 Å². The molecule has 2 radical (unpaired) electrons. The van der Waals surface area contributed by atoms with Crippen LogP contribution in [0, 0.1) is 0 Å². The number of rotatable bonds is 5. The number of hydrogen-bond donors (Lipinski definition) is 0. The summed E-state index contributed by atoms with van der Waals surface area (Å²) in [4.78, 5) is 14.0. The first-order chi connectivity index (χ1) is 12.7. The molecule has 1 heterocycles. The lowest BCUT2D eigenvalue weighted by atomic mass is 9.94. The molecule has 4 heteroatoms. The van der Waals surface area contributed by atoms with Gasteiger partial charge in [0.1, 0.15) is 7.85 Å². The van der Waals surface area contributed by atoms with Gasteiger partial charge in [0.05, 0.1) is 0 Å². The Morgan fingerprint density at radius 2 is 1.62 bits per heavy atom. The Morgan fingerprint density at radius 3 is 2.27 bits per heavy atom. The molecule has 3 nitrogen and oxygen atoms in total. The molecule has 1 aromatic heterocycles. The summed E-state index contributed by atoms with van der Waals surface area (Å²) in [6, 6.07) is 17.4. The van der Waals surface area contributed by atoms with Crippen molar-refractivity contribution in [1.29, 1.82) is 0 Å². The Balaban J connectivity index is 2.20. The second-order valence-corrected chi connectivity index (χ2v) is 5.64. The van der Waals surface area contributed by atoms with Crippen molar-refractivity contribution in [2.45, 2.75) is 6.92 Å². The first-order valence-electron chi connectivity index (χ1n) is 8.34. The largest absolute Gasteiger partial charge is 0.208 e. The summed E-state index contributed by atoms with van der Waals surface area (Å²) in [5, 5.41) is 0. The van der Waals surface area contributed by atoms with Gasteiger partial charge < -0.3 is 0 Å². The van der Waals surface area contributed by atoms with E-state index in [1.165, 1.54) is 0 Å². The van der Waals surface area contributed by atoms with Crippen molar-refractivity contribution < 1.29 is 0 Å². The van der Waals surface area contributed by atoms with E-state index in [2.05, 4.69) is 21.5 Å². The fourth-order valence-corrected chi connectivity index (χ4v) is 2.50. The Bertz CT molecular complexity index is 976. The average Bonchev–Trinajstić information content (AvgIpc) is 2.69. The van der Waals surface area contributed by atoms with Crippen LogP contribution in [0.4, 0.5) is 0 Å². The highest BCUT2D eigenvalue weighted by Crippen LogP contribution is 2.22. The van der Waals surface area contributed by atoms with Gasteiger partial charge in [-0.25, -0.2) is 15.0 Å². The maximum atomic E-state index is 5.93. The number of aromatic nitrogens is 3. The zero-order chi connectivity index (χ0) is 18.4. The molecular weight excluding hydrogens is 317 g/mol. The van der Waals surface area contributed by atoms with E-state index in [1.54, 1.807) is 6.08 Å². The van der Waals surface area contributed by atoms with Gasteiger partial charge in [-0.2, -0.15) is 0 Å². The summed E-state index contributed by atoms with van der Waals surface area (Å²) in [5.74, 6) is 1.82. The summed E-state index contributed by atoms with van der Waals surface area (Å²) < 4.78 is 0. The summed E-state index contributed by atoms with van der Waals surface area (Å²) in [7, 11) is 5.93. The van der Waals surface area contributed by atoms with E-state index in [0.717, 1.165) is 16.7 Å². The van der Waals surface area contributed by atoms with E-state index in [4.69, 9.17) is 7.85 Å². The number of nitrogens with zero attached hydrogens (tertiary/aromatic N) is 3. The monoisotopic (exact) mass is 335 g/mol. The standard InChI is InChI=1S/C22H18BN3/c1-3-5-10-16(4-2)20-24-21(17-11-7-6-8-12-17)26-22(25-20)18-13-9-14-19(23)15-18/h3-15H,1H2,2H3/b10-5-,16-4+. The predicted octanol–water partition coefficient (Wildman–Crippen LogP) is 4.14. The maximum Gasteiger partial charge on any atom is 0.164 e. The van der Waals surface area contributed by atoms with Gasteiger partial charge in [0.2, 0.25) is 0 Å². The normalized spacial score (nSPS) is 11.7. The molecule has 0 aliphatic heterocycles. The lowest BCUT2D eigenvalue weighted by Crippen LogP contribution is -2.05. The van der Waals surface area contributed by atoms with E-state index >= 15 is 0 Å². The highest BCUT2D eigenvalue weighted by Gasteiger charge is 2.12. The van der Waals surface area contributed by atoms with Gasteiger partial charge in [-0.1, -0.05) is 90.9 Å². The lowest BCUT2D eigenvalue weighted by molar-refractivity contribution is 1.04. The molecule has 3 aromatic rings. The molecule has 0 N–H and O–H groups in total. The molecule has 0 amide bonds. The van der Waals surface area contributed by atoms with Crippen molar-refractivity contribution in [2.75, 3.05) is 0 Å². The van der Waals surface area contributed by atoms with Gasteiger partial charge in [-0.3, -0.25) is 0 Å². The first-order valence-corrected chi connectivity index (χ1v) is 8.34. The minimum atomic E-state index is 0.590. The maximum absolute atomic E-state index is 5.93. The van der Waals surface area contributed by atoms with Crippen molar-refractivity contribution in [2.24, 2.45) is 0 Å². The molecule has 0 spiro atoms. The highest BCUT2D eigenvalue weighted by atomic mass is 15.0. The molecule has 3 rings (SSSR count). The zero-order valence-electron chi connectivity index (χ0n) is 14.6. The van der Waals surface area contributed by atoms with Gasteiger partial charge in [0.25, 0.3) is 0 Å². The molecular formula is C22H18BN3. The molecule has 0 saturated carbocycles. The quantitative estimate of drug-likeness (QED) is 0.519. The summed E-state index contributed by atoms with van der Waals surface area (Å²) in [5.41, 5.74) is 3.36. The number of hydrogen-bond acceptors (Lipinski definition) is 3. The molecule has 0 aliphatic carbocycles. The zero-order valence-corrected chi connectivity index (χ0v) is 14.6. The summed E-state index contributed by atoms with van der Waals surface area (Å²) in [6.07, 6.45) is 7.48. The van der Waals surface area contributed by atoms with E-state index in [-0.39, 0.29) is 0 Å². The smallest absolute Gasteiger partial charge is 0.164 e. The van der Waals surface area contributed by atoms with Crippen LogP contribution in [0.1, 0.15) is 12.7 Å². The van der Waals surface area contributed by atoms with Gasteiger partial charge in [-0.05, 0) is 6.92 Å². The molecule has 0 aliphatic rings. The summed E-state index contributed by atoms with van der Waals surface area (Å²) >= 11 is 0. The SMILES string of the molecule is [B]c1cccc(-c2nc(C(/C=C\C=C)=C/C)nc(-c3ccccc3)n2)c1. The number of benzene rings is 2. The van der Waals surface area contributed by atoms with E-state index < -0.39 is 0 Å². The second-order valence-electron chi connectivity index (χ2n) is 5.64. The lowest BCUT2D eigenvalue weighted by Gasteiger charge is -2.09. The minimum Gasteiger partial charge on any atom is -0.208 e. The molecule has 0 bridgehead atoms. The molecule has 0 fully saturated rings. The Kier molecular flexibility index (Phi) is 5.54. The third-order valence-corrected chi connectivity index (χ3v) is 3.79. The van der Waals surface area contributed by atoms with Crippen LogP contribution < -0.4 is 5.46 Å². The molecule has 26 heavy (non-hydrogen) atoms. The third-order valence-electron chi connectivity index (χ3n) is 3.79. The van der Waals surface area contributed by atoms with Crippen LogP contribution in [0.5, 0.6) is 0 Å². The molecule has 0 saturated heterocycles. The van der Waals surface area contributed by atoms with Crippen LogP contribution in [-0.4, -0.2) is 22.8 Å². The van der Waals surface area contributed by atoms with Crippen molar-refractivity contribution in [1.82, 2.24) is 15.0 Å². The summed E-state index contributed by atoms with van der Waals surface area (Å²) in [6.45, 7) is 5.67. The molecule has 0 unspecified atom stereocenters. The van der Waals surface area contributed by atoms with Crippen LogP contribution >= 0.6 is 0 Å². The van der Waals surface area contributed by atoms with Crippen molar-refractivity contribution in [3.05, 3.63) is 91.3 Å². The third kappa shape index (κ3) is 4.04. The average molecular weight is 335 g/mol. The Morgan fingerprint density at radius 1 is 0.923 bits per heavy atom. The molecule has 2 aromatic carbocycles. The van der Waals surface area contributed by atoms with Crippen LogP contribution in [0.3, 0.4) is 0 Å². The van der Waals surface area contributed by atoms with E-state index in [9.17, 15) is 0 Å². The Labute approximate surface area is 155 Å². The van der Waals surface area contributed by atoms with Crippen molar-refractivity contribution >= 4 is 18.9 Å². The molecule has 124 valence electrons. The Hall–Kier alpha value is -3.27. The van der Waals surface area contributed by atoms with Gasteiger partial charge in [0, 0.05) is 16.7 Å². The molecule has 0 atom stereocenters. The van der Waals surface area contributed by atoms with Gasteiger partial charge in [-0.15, -0.1) is 0 Å². The van der Waals surface area contributed by atoms with E-state index in [1.807, 2.05) is 79.7 Å². The fourth-order valence-electron chi connectivity index (χ4n) is 2.50. The first kappa shape index (κ1) is 17.6. The van der Waals surface area contributed by atoms with Gasteiger partial charge >= 0.3 is 0 Å². The topological polar surface area (TPSA) is 38.7 Å². The van der Waals surface area contributed by atoms with Crippen molar-refractivity contribution in [3.8, 4) is 22.8 Å². The minimum absolute atomic E-state index is 0.590. The van der Waals surface area contributed by atoms with Crippen molar-refractivity contribution in [3.63, 3.8) is 0 Å². The van der Waals surface area contributed by atoms with Crippen LogP contribution in [0.2, 0.25) is 0 Å². The van der Waals surface area contributed by atoms with Gasteiger partial charge in [0.15, 0.2) is 17.5 Å². The highest BCUT2D eigenvalue weighted by molar-refractivity contribution is 6.32.